The molecule has 5 N–H and O–H groups in total. The monoisotopic (exact) mass is 314 g/mol. The van der Waals surface area contributed by atoms with Crippen LogP contribution in [0.5, 0.6) is 0 Å². The Labute approximate surface area is 125 Å². The van der Waals surface area contributed by atoms with E-state index < -0.39 is 21.5 Å². The highest BCUT2D eigenvalue weighted by atomic mass is 32.2. The van der Waals surface area contributed by atoms with Crippen LogP contribution in [0.25, 0.3) is 0 Å². The van der Waals surface area contributed by atoms with Crippen molar-refractivity contribution < 1.29 is 13.2 Å². The Kier molecular flexibility index (Phi) is 4.85. The van der Waals surface area contributed by atoms with Gasteiger partial charge >= 0.3 is 0 Å². The minimum Gasteiger partial charge on any atom is -0.397 e. The van der Waals surface area contributed by atoms with Gasteiger partial charge in [-0.3, -0.25) is 4.79 Å². The van der Waals surface area contributed by atoms with Crippen LogP contribution < -0.4 is 16.8 Å². The number of carbonyl (C=O) groups is 1. The summed E-state index contributed by atoms with van der Waals surface area (Å²) >= 11 is 0. The van der Waals surface area contributed by atoms with Crippen molar-refractivity contribution in [3.63, 3.8) is 0 Å². The fraction of sp³-hybridized carbons (Fsp3) is 0.462. The normalized spacial score (nSPS) is 12.4. The predicted octanol–water partition coefficient (Wildman–Crippen LogP) is 0.585. The Hall–Kier alpha value is -1.80. The van der Waals surface area contributed by atoms with Crippen molar-refractivity contribution in [2.45, 2.75) is 30.7 Å². The van der Waals surface area contributed by atoms with Gasteiger partial charge in [0.15, 0.2) is 0 Å². The van der Waals surface area contributed by atoms with Crippen LogP contribution in [0.2, 0.25) is 0 Å². The second kappa shape index (κ2) is 5.90. The molecule has 1 aromatic rings. The van der Waals surface area contributed by atoms with Crippen molar-refractivity contribution >= 4 is 27.3 Å². The summed E-state index contributed by atoms with van der Waals surface area (Å²) in [5.74, 6) is -0.455. The van der Waals surface area contributed by atoms with Gasteiger partial charge in [-0.2, -0.15) is 0 Å². The number of nitrogens with two attached hydrogens (primary N) is 2. The Morgan fingerprint density at radius 2 is 1.90 bits per heavy atom. The molecule has 21 heavy (non-hydrogen) atoms. The fourth-order valence-corrected chi connectivity index (χ4v) is 2.79. The summed E-state index contributed by atoms with van der Waals surface area (Å²) in [7, 11) is -0.640. The summed E-state index contributed by atoms with van der Waals surface area (Å²) in [6.45, 7) is 3.56. The number of benzene rings is 1. The molecule has 0 saturated carbocycles. The van der Waals surface area contributed by atoms with Crippen LogP contribution in [0, 0.1) is 0 Å². The Morgan fingerprint density at radius 3 is 2.38 bits per heavy atom. The number of hydrogen-bond donors (Lipinski definition) is 3. The molecular weight excluding hydrogens is 292 g/mol. The molecule has 1 rings (SSSR count). The maximum atomic E-state index is 12.1. The van der Waals surface area contributed by atoms with E-state index in [-0.39, 0.29) is 11.3 Å². The quantitative estimate of drug-likeness (QED) is 0.664. The highest BCUT2D eigenvalue weighted by Crippen LogP contribution is 2.27. The van der Waals surface area contributed by atoms with Crippen molar-refractivity contribution in [2.24, 2.45) is 5.73 Å². The van der Waals surface area contributed by atoms with Gasteiger partial charge in [0, 0.05) is 26.1 Å². The molecule has 7 nitrogen and oxygen atoms in total. The Balaban J connectivity index is 3.18. The van der Waals surface area contributed by atoms with Crippen LogP contribution in [-0.4, -0.2) is 38.3 Å². The number of rotatable bonds is 6. The lowest BCUT2D eigenvalue weighted by atomic mass is 9.99. The van der Waals surface area contributed by atoms with Crippen molar-refractivity contribution in [1.29, 1.82) is 0 Å². The molecule has 0 saturated heterocycles. The van der Waals surface area contributed by atoms with Crippen molar-refractivity contribution in [3.8, 4) is 0 Å². The highest BCUT2D eigenvalue weighted by Gasteiger charge is 2.23. The van der Waals surface area contributed by atoms with E-state index in [9.17, 15) is 13.2 Å². The third-order valence-electron chi connectivity index (χ3n) is 2.89. The predicted molar refractivity (Wildman–Crippen MR) is 83.2 cm³/mol. The molecule has 0 fully saturated rings. The average Bonchev–Trinajstić information content (AvgIpc) is 2.29. The van der Waals surface area contributed by atoms with Gasteiger partial charge in [-0.1, -0.05) is 0 Å². The van der Waals surface area contributed by atoms with Gasteiger partial charge in [-0.15, -0.1) is 0 Å². The standard InChI is InChI=1S/C13H22N4O3S/c1-13(2,8-12(15)18)16-11-7-9(5-6-10(11)14)21(19,20)17(3)4/h5-7,16H,8,14H2,1-4H3,(H2,15,18). The first-order valence-electron chi connectivity index (χ1n) is 6.34. The fourth-order valence-electron chi connectivity index (χ4n) is 1.86. The first kappa shape index (κ1) is 17.3. The Bertz CT molecular complexity index is 639. The van der Waals surface area contributed by atoms with E-state index in [2.05, 4.69) is 5.32 Å². The first-order valence-corrected chi connectivity index (χ1v) is 7.78. The summed E-state index contributed by atoms with van der Waals surface area (Å²) < 4.78 is 25.4. The summed E-state index contributed by atoms with van der Waals surface area (Å²) in [6.07, 6.45) is 0.0943. The Morgan fingerprint density at radius 1 is 1.33 bits per heavy atom. The third kappa shape index (κ3) is 4.33. The van der Waals surface area contributed by atoms with Crippen molar-refractivity contribution in [1.82, 2.24) is 4.31 Å². The van der Waals surface area contributed by atoms with Gasteiger partial charge in [0.2, 0.25) is 15.9 Å². The number of sulfonamides is 1. The average molecular weight is 314 g/mol. The molecule has 118 valence electrons. The van der Waals surface area contributed by atoms with Gasteiger partial charge < -0.3 is 16.8 Å². The van der Waals surface area contributed by atoms with Gasteiger partial charge in [-0.25, -0.2) is 12.7 Å². The van der Waals surface area contributed by atoms with Crippen molar-refractivity contribution in [3.05, 3.63) is 18.2 Å². The van der Waals surface area contributed by atoms with E-state index in [1.165, 1.54) is 32.3 Å². The first-order chi connectivity index (χ1) is 9.45. The minimum atomic E-state index is -3.55. The zero-order valence-electron chi connectivity index (χ0n) is 12.7. The van der Waals surface area contributed by atoms with Gasteiger partial charge in [-0.05, 0) is 32.0 Å². The summed E-state index contributed by atoms with van der Waals surface area (Å²) in [4.78, 5) is 11.2. The van der Waals surface area contributed by atoms with Crippen LogP contribution in [0.3, 0.4) is 0 Å². The van der Waals surface area contributed by atoms with E-state index in [0.717, 1.165) is 4.31 Å². The molecule has 0 bridgehead atoms. The lowest BCUT2D eigenvalue weighted by Gasteiger charge is -2.27. The maximum Gasteiger partial charge on any atom is 0.242 e. The number of hydrogen-bond acceptors (Lipinski definition) is 5. The van der Waals surface area contributed by atoms with Gasteiger partial charge in [0.05, 0.1) is 16.3 Å². The van der Waals surface area contributed by atoms with E-state index in [0.29, 0.717) is 11.4 Å². The van der Waals surface area contributed by atoms with Crippen LogP contribution in [-0.2, 0) is 14.8 Å². The number of anilines is 2. The third-order valence-corrected chi connectivity index (χ3v) is 4.70. The lowest BCUT2D eigenvalue weighted by Crippen LogP contribution is -2.36. The number of primary amides is 1. The van der Waals surface area contributed by atoms with Crippen LogP contribution in [0.1, 0.15) is 20.3 Å². The summed E-state index contributed by atoms with van der Waals surface area (Å²) in [5.41, 5.74) is 11.3. The van der Waals surface area contributed by atoms with E-state index in [1.54, 1.807) is 13.8 Å². The number of amides is 1. The number of carbonyl (C=O) groups excluding carboxylic acids is 1. The summed E-state index contributed by atoms with van der Waals surface area (Å²) in [6, 6.07) is 4.41. The molecule has 0 aliphatic heterocycles. The molecule has 0 unspecified atom stereocenters. The SMILES string of the molecule is CN(C)S(=O)(=O)c1ccc(N)c(NC(C)(C)CC(N)=O)c1. The minimum absolute atomic E-state index is 0.0943. The lowest BCUT2D eigenvalue weighted by molar-refractivity contribution is -0.118. The maximum absolute atomic E-state index is 12.1. The molecule has 8 heteroatoms. The number of nitrogens with one attached hydrogen (secondary N) is 1. The smallest absolute Gasteiger partial charge is 0.242 e. The highest BCUT2D eigenvalue weighted by molar-refractivity contribution is 7.89. The van der Waals surface area contributed by atoms with Crippen LogP contribution in [0.15, 0.2) is 23.1 Å². The summed E-state index contributed by atoms with van der Waals surface area (Å²) in [5, 5.41) is 3.06. The van der Waals surface area contributed by atoms with E-state index in [4.69, 9.17) is 11.5 Å². The molecule has 0 aromatic heterocycles. The molecule has 0 aliphatic rings. The molecule has 1 amide bonds. The van der Waals surface area contributed by atoms with Crippen molar-refractivity contribution in [2.75, 3.05) is 25.1 Å². The molecular formula is C13H22N4O3S. The van der Waals surface area contributed by atoms with Gasteiger partial charge in [0.1, 0.15) is 0 Å². The molecule has 0 aliphatic carbocycles. The van der Waals surface area contributed by atoms with E-state index >= 15 is 0 Å². The zero-order valence-corrected chi connectivity index (χ0v) is 13.5. The zero-order chi connectivity index (χ0) is 16.4. The molecule has 0 atom stereocenters. The molecule has 0 radical (unpaired) electrons. The van der Waals surface area contributed by atoms with Crippen LogP contribution >= 0.6 is 0 Å². The second-order valence-corrected chi connectivity index (χ2v) is 7.84. The second-order valence-electron chi connectivity index (χ2n) is 5.69. The molecule has 0 spiro atoms. The molecule has 0 heterocycles. The van der Waals surface area contributed by atoms with Crippen LogP contribution in [0.4, 0.5) is 11.4 Å². The largest absolute Gasteiger partial charge is 0.397 e. The van der Waals surface area contributed by atoms with Gasteiger partial charge in [0.25, 0.3) is 0 Å². The topological polar surface area (TPSA) is 119 Å². The van der Waals surface area contributed by atoms with E-state index in [1.807, 2.05) is 0 Å². The number of nitrogens with zero attached hydrogens (tertiary/aromatic N) is 1. The number of nitrogen functional groups attached to an aromatic ring is 1. The molecule has 1 aromatic carbocycles.